The minimum Gasteiger partial charge on any atom is -0.497 e. The SMILES string of the molecule is CCCCN(C(=O)C(Cc1ccccc1)NC(=O)OC(C)(C)C)C(C(=O)Nc1ccc(OC)cc1)c1ccc(C)cc1. The molecule has 0 aromatic heterocycles. The van der Waals surface area contributed by atoms with E-state index in [-0.39, 0.29) is 18.2 Å². The number of alkyl carbamates (subject to hydrolysis) is 1. The van der Waals surface area contributed by atoms with Gasteiger partial charge in [0.2, 0.25) is 5.91 Å². The Morgan fingerprint density at radius 2 is 1.55 bits per heavy atom. The summed E-state index contributed by atoms with van der Waals surface area (Å²) in [6, 6.07) is 22.2. The van der Waals surface area contributed by atoms with Gasteiger partial charge in [-0.25, -0.2) is 4.79 Å². The van der Waals surface area contributed by atoms with Gasteiger partial charge in [0.05, 0.1) is 7.11 Å². The second-order valence-electron chi connectivity index (χ2n) is 11.3. The Morgan fingerprint density at radius 1 is 0.905 bits per heavy atom. The normalized spacial score (nSPS) is 12.5. The number of rotatable bonds is 12. The summed E-state index contributed by atoms with van der Waals surface area (Å²) in [7, 11) is 1.58. The van der Waals surface area contributed by atoms with E-state index in [4.69, 9.17) is 9.47 Å². The van der Waals surface area contributed by atoms with E-state index in [9.17, 15) is 14.4 Å². The molecule has 2 N–H and O–H groups in total. The third-order valence-corrected chi connectivity index (χ3v) is 6.62. The van der Waals surface area contributed by atoms with Crippen LogP contribution < -0.4 is 15.4 Å². The Morgan fingerprint density at radius 3 is 2.12 bits per heavy atom. The highest BCUT2D eigenvalue weighted by Gasteiger charge is 2.36. The lowest BCUT2D eigenvalue weighted by molar-refractivity contribution is -0.140. The summed E-state index contributed by atoms with van der Waals surface area (Å²) in [5.41, 5.74) is 2.42. The number of nitrogens with one attached hydrogen (secondary N) is 2. The second-order valence-corrected chi connectivity index (χ2v) is 11.3. The molecule has 0 bridgehead atoms. The van der Waals surface area contributed by atoms with Crippen LogP contribution in [-0.2, 0) is 20.7 Å². The summed E-state index contributed by atoms with van der Waals surface area (Å²) in [5.74, 6) is -0.0578. The van der Waals surface area contributed by atoms with Gasteiger partial charge in [0, 0.05) is 18.7 Å². The van der Waals surface area contributed by atoms with Gasteiger partial charge in [0.25, 0.3) is 5.91 Å². The highest BCUT2D eigenvalue weighted by Crippen LogP contribution is 2.27. The van der Waals surface area contributed by atoms with Crippen LogP contribution in [0.25, 0.3) is 0 Å². The molecule has 3 aromatic rings. The number of carbonyl (C=O) groups excluding carboxylic acids is 3. The maximum Gasteiger partial charge on any atom is 0.408 e. The minimum atomic E-state index is -0.958. The molecule has 3 amide bonds. The number of ether oxygens (including phenoxy) is 2. The van der Waals surface area contributed by atoms with Crippen molar-refractivity contribution in [2.24, 2.45) is 0 Å². The van der Waals surface area contributed by atoms with Crippen molar-refractivity contribution in [3.8, 4) is 5.75 Å². The first-order valence-corrected chi connectivity index (χ1v) is 14.4. The topological polar surface area (TPSA) is 97.0 Å². The maximum absolute atomic E-state index is 14.4. The molecule has 0 saturated carbocycles. The van der Waals surface area contributed by atoms with Gasteiger partial charge >= 0.3 is 6.09 Å². The van der Waals surface area contributed by atoms with Crippen molar-refractivity contribution < 1.29 is 23.9 Å². The predicted octanol–water partition coefficient (Wildman–Crippen LogP) is 6.45. The summed E-state index contributed by atoms with van der Waals surface area (Å²) >= 11 is 0. The smallest absolute Gasteiger partial charge is 0.408 e. The van der Waals surface area contributed by atoms with Gasteiger partial charge < -0.3 is 25.0 Å². The molecule has 8 heteroatoms. The van der Waals surface area contributed by atoms with Crippen LogP contribution in [0.15, 0.2) is 78.9 Å². The highest BCUT2D eigenvalue weighted by atomic mass is 16.6. The highest BCUT2D eigenvalue weighted by molar-refractivity contribution is 5.99. The number of aryl methyl sites for hydroxylation is 1. The van der Waals surface area contributed by atoms with E-state index >= 15 is 0 Å². The molecule has 2 atom stereocenters. The Bertz CT molecular complexity index is 1300. The number of unbranched alkanes of at least 4 members (excludes halogenated alkanes) is 1. The van der Waals surface area contributed by atoms with Crippen molar-refractivity contribution in [2.45, 2.75) is 71.6 Å². The standard InChI is InChI=1S/C34H43N3O5/c1-7-8-22-37(32(39)29(23-25-12-10-9-11-13-25)36-33(40)42-34(3,4)5)30(26-16-14-24(2)15-17-26)31(38)35-27-18-20-28(41-6)21-19-27/h9-21,29-30H,7-8,22-23H2,1-6H3,(H,35,38)(H,36,40). The summed E-state index contributed by atoms with van der Waals surface area (Å²) in [5, 5.41) is 5.78. The average Bonchev–Trinajstić information content (AvgIpc) is 2.95. The van der Waals surface area contributed by atoms with E-state index in [0.29, 0.717) is 30.0 Å². The largest absolute Gasteiger partial charge is 0.497 e. The molecule has 0 heterocycles. The first-order valence-electron chi connectivity index (χ1n) is 14.4. The van der Waals surface area contributed by atoms with Gasteiger partial charge in [-0.3, -0.25) is 9.59 Å². The number of hydrogen-bond donors (Lipinski definition) is 2. The fraction of sp³-hybridized carbons (Fsp3) is 0.382. The Balaban J connectivity index is 2.03. The van der Waals surface area contributed by atoms with E-state index in [1.807, 2.05) is 68.4 Å². The monoisotopic (exact) mass is 573 g/mol. The van der Waals surface area contributed by atoms with Crippen LogP contribution in [0.1, 0.15) is 63.3 Å². The van der Waals surface area contributed by atoms with E-state index in [1.165, 1.54) is 0 Å². The Labute approximate surface area is 249 Å². The number of carbonyl (C=O) groups is 3. The molecule has 0 spiro atoms. The van der Waals surface area contributed by atoms with Gasteiger partial charge in [-0.15, -0.1) is 0 Å². The third kappa shape index (κ3) is 9.65. The lowest BCUT2D eigenvalue weighted by Crippen LogP contribution is -2.53. The van der Waals surface area contributed by atoms with Gasteiger partial charge in [-0.1, -0.05) is 73.5 Å². The van der Waals surface area contributed by atoms with Crippen molar-refractivity contribution in [3.05, 3.63) is 95.6 Å². The Kier molecular flexibility index (Phi) is 11.5. The van der Waals surface area contributed by atoms with Crippen molar-refractivity contribution in [1.29, 1.82) is 0 Å². The first-order chi connectivity index (χ1) is 20.0. The summed E-state index contributed by atoms with van der Waals surface area (Å²) in [6.45, 7) is 9.63. The van der Waals surface area contributed by atoms with Gasteiger partial charge in [0.1, 0.15) is 23.4 Å². The number of amides is 3. The van der Waals surface area contributed by atoms with Gasteiger partial charge in [-0.2, -0.15) is 0 Å². The molecule has 3 aromatic carbocycles. The van der Waals surface area contributed by atoms with Crippen LogP contribution >= 0.6 is 0 Å². The van der Waals surface area contributed by atoms with Crippen LogP contribution in [0.2, 0.25) is 0 Å². The zero-order valence-electron chi connectivity index (χ0n) is 25.5. The molecule has 0 aliphatic carbocycles. The van der Waals surface area contributed by atoms with E-state index in [0.717, 1.165) is 17.5 Å². The molecule has 0 radical (unpaired) electrons. The first kappa shape index (κ1) is 32.2. The third-order valence-electron chi connectivity index (χ3n) is 6.62. The van der Waals surface area contributed by atoms with Gasteiger partial charge in [-0.05, 0) is 69.5 Å². The summed E-state index contributed by atoms with van der Waals surface area (Å²) < 4.78 is 10.8. The van der Waals surface area contributed by atoms with Gasteiger partial charge in [0.15, 0.2) is 0 Å². The second kappa shape index (κ2) is 15.1. The lowest BCUT2D eigenvalue weighted by Gasteiger charge is -2.34. The molecular weight excluding hydrogens is 530 g/mol. The Hall–Kier alpha value is -4.33. The molecular formula is C34H43N3O5. The van der Waals surface area contributed by atoms with E-state index in [1.54, 1.807) is 57.0 Å². The predicted molar refractivity (Wildman–Crippen MR) is 165 cm³/mol. The van der Waals surface area contributed by atoms with E-state index < -0.39 is 23.8 Å². The molecule has 3 rings (SSSR count). The number of nitrogens with zero attached hydrogens (tertiary/aromatic N) is 1. The molecule has 0 fully saturated rings. The van der Waals surface area contributed by atoms with Crippen LogP contribution in [0.5, 0.6) is 5.75 Å². The molecule has 42 heavy (non-hydrogen) atoms. The quantitative estimate of drug-likeness (QED) is 0.260. The summed E-state index contributed by atoms with van der Waals surface area (Å²) in [4.78, 5) is 42.9. The molecule has 2 unspecified atom stereocenters. The van der Waals surface area contributed by atoms with Crippen molar-refractivity contribution in [2.75, 3.05) is 19.0 Å². The fourth-order valence-corrected chi connectivity index (χ4v) is 4.50. The maximum atomic E-state index is 14.4. The number of benzene rings is 3. The van der Waals surface area contributed by atoms with Crippen molar-refractivity contribution >= 4 is 23.6 Å². The zero-order valence-corrected chi connectivity index (χ0v) is 25.5. The molecule has 0 aliphatic rings. The summed E-state index contributed by atoms with van der Waals surface area (Å²) in [6.07, 6.45) is 1.03. The van der Waals surface area contributed by atoms with Crippen LogP contribution in [0.4, 0.5) is 10.5 Å². The van der Waals surface area contributed by atoms with Crippen molar-refractivity contribution in [1.82, 2.24) is 10.2 Å². The lowest BCUT2D eigenvalue weighted by atomic mass is 9.99. The van der Waals surface area contributed by atoms with Crippen LogP contribution in [0, 0.1) is 6.92 Å². The van der Waals surface area contributed by atoms with Crippen LogP contribution in [0.3, 0.4) is 0 Å². The molecule has 0 saturated heterocycles. The van der Waals surface area contributed by atoms with Crippen molar-refractivity contribution in [3.63, 3.8) is 0 Å². The minimum absolute atomic E-state index is 0.238. The molecule has 8 nitrogen and oxygen atoms in total. The number of methoxy groups -OCH3 is 1. The number of hydrogen-bond acceptors (Lipinski definition) is 5. The molecule has 0 aliphatic heterocycles. The fourth-order valence-electron chi connectivity index (χ4n) is 4.50. The average molecular weight is 574 g/mol. The zero-order chi connectivity index (χ0) is 30.7. The van der Waals surface area contributed by atoms with Crippen LogP contribution in [-0.4, -0.2) is 48.1 Å². The van der Waals surface area contributed by atoms with E-state index in [2.05, 4.69) is 10.6 Å². The molecule has 224 valence electrons. The number of anilines is 1.